The summed E-state index contributed by atoms with van der Waals surface area (Å²) in [7, 11) is 0. The van der Waals surface area contributed by atoms with Crippen molar-refractivity contribution in [2.24, 2.45) is 0 Å². The zero-order valence-corrected chi connectivity index (χ0v) is 31.0. The Hall–Kier alpha value is -5.74. The minimum absolute atomic E-state index is 0.00706. The molecule has 0 fully saturated rings. The molecule has 0 aliphatic rings. The van der Waals surface area contributed by atoms with Crippen LogP contribution in [-0.2, 0) is 0 Å². The van der Waals surface area contributed by atoms with Crippen LogP contribution in [0.5, 0.6) is 23.0 Å². The number of ether oxygens (including phenoxy) is 4. The van der Waals surface area contributed by atoms with Crippen molar-refractivity contribution < 1.29 is 18.9 Å². The minimum atomic E-state index is -0.00706. The van der Waals surface area contributed by atoms with Crippen molar-refractivity contribution in [2.75, 3.05) is 26.4 Å². The average molecular weight is 691 g/mol. The Labute approximate surface area is 310 Å². The van der Waals surface area contributed by atoms with E-state index in [4.69, 9.17) is 18.9 Å². The van der Waals surface area contributed by atoms with Crippen LogP contribution in [0.1, 0.15) is 72.9 Å². The molecule has 0 bridgehead atoms. The van der Waals surface area contributed by atoms with Gasteiger partial charge in [-0.15, -0.1) is 0 Å². The summed E-state index contributed by atoms with van der Waals surface area (Å²) in [6.45, 7) is 25.7. The molecule has 4 heteroatoms. The quantitative estimate of drug-likeness (QED) is 0.0677. The third-order valence-electron chi connectivity index (χ3n) is 8.40. The van der Waals surface area contributed by atoms with Gasteiger partial charge < -0.3 is 18.9 Å². The molecule has 0 radical (unpaired) electrons. The van der Waals surface area contributed by atoms with E-state index in [-0.39, 0.29) is 11.8 Å². The predicted molar refractivity (Wildman–Crippen MR) is 215 cm³/mol. The van der Waals surface area contributed by atoms with E-state index >= 15 is 0 Å². The van der Waals surface area contributed by atoms with Crippen molar-refractivity contribution in [1.29, 1.82) is 0 Å². The SMILES string of the molecule is C=C(C)COc1ccc(C(c2ccc(OCC(=C)C)cc2)c2ccc(C(c3ccc(OCC(=C)C)cc3)c3ccc(OCC(=C)C)cc3)cc2)cc1. The average Bonchev–Trinajstić information content (AvgIpc) is 3.14. The van der Waals surface area contributed by atoms with Gasteiger partial charge in [0.1, 0.15) is 49.4 Å². The first kappa shape index (κ1) is 37.5. The summed E-state index contributed by atoms with van der Waals surface area (Å²) in [5, 5.41) is 0. The van der Waals surface area contributed by atoms with Gasteiger partial charge in [-0.05, 0) is 132 Å². The fourth-order valence-corrected chi connectivity index (χ4v) is 5.89. The number of hydrogen-bond donors (Lipinski definition) is 0. The topological polar surface area (TPSA) is 36.9 Å². The van der Waals surface area contributed by atoms with Crippen LogP contribution in [0.15, 0.2) is 170 Å². The van der Waals surface area contributed by atoms with Gasteiger partial charge in [-0.2, -0.15) is 0 Å². The highest BCUT2D eigenvalue weighted by atomic mass is 16.5. The fraction of sp³-hybridized carbons (Fsp3) is 0.208. The molecule has 0 spiro atoms. The van der Waals surface area contributed by atoms with E-state index in [2.05, 4.69) is 99.1 Å². The summed E-state index contributed by atoms with van der Waals surface area (Å²) < 4.78 is 23.7. The van der Waals surface area contributed by atoms with E-state index in [1.807, 2.05) is 76.2 Å². The molecule has 266 valence electrons. The van der Waals surface area contributed by atoms with Gasteiger partial charge in [-0.3, -0.25) is 0 Å². The number of benzene rings is 5. The molecule has 0 atom stereocenters. The first-order chi connectivity index (χ1) is 25.0. The van der Waals surface area contributed by atoms with E-state index in [9.17, 15) is 0 Å². The van der Waals surface area contributed by atoms with Crippen molar-refractivity contribution in [2.45, 2.75) is 39.5 Å². The summed E-state index contributed by atoms with van der Waals surface area (Å²) in [6.07, 6.45) is 0. The zero-order chi connectivity index (χ0) is 37.0. The molecule has 0 saturated carbocycles. The summed E-state index contributed by atoms with van der Waals surface area (Å²) in [5.41, 5.74) is 10.9. The van der Waals surface area contributed by atoms with E-state index in [0.29, 0.717) is 26.4 Å². The summed E-state index contributed by atoms with van der Waals surface area (Å²) in [4.78, 5) is 0. The highest BCUT2D eigenvalue weighted by Crippen LogP contribution is 2.38. The van der Waals surface area contributed by atoms with Crippen LogP contribution in [0.4, 0.5) is 0 Å². The molecule has 0 N–H and O–H groups in total. The van der Waals surface area contributed by atoms with Gasteiger partial charge in [0.15, 0.2) is 0 Å². The second-order valence-electron chi connectivity index (χ2n) is 13.8. The molecule has 0 aliphatic carbocycles. The molecule has 5 aromatic carbocycles. The largest absolute Gasteiger partial charge is 0.489 e. The maximum atomic E-state index is 5.92. The normalized spacial score (nSPS) is 10.9. The van der Waals surface area contributed by atoms with Gasteiger partial charge in [0.05, 0.1) is 0 Å². The summed E-state index contributed by atoms with van der Waals surface area (Å²) >= 11 is 0. The monoisotopic (exact) mass is 690 g/mol. The third kappa shape index (κ3) is 10.6. The molecular formula is C48H50O4. The maximum absolute atomic E-state index is 5.92. The van der Waals surface area contributed by atoms with E-state index < -0.39 is 0 Å². The molecule has 0 amide bonds. The van der Waals surface area contributed by atoms with Crippen LogP contribution < -0.4 is 18.9 Å². The molecule has 0 aromatic heterocycles. The van der Waals surface area contributed by atoms with E-state index in [0.717, 1.165) is 45.3 Å². The lowest BCUT2D eigenvalue weighted by molar-refractivity contribution is 0.352. The van der Waals surface area contributed by atoms with Crippen LogP contribution in [0.2, 0.25) is 0 Å². The standard InChI is InChI=1S/C48H50O4/c1-33(2)29-49-43-21-13-39(14-22-43)47(40-15-23-44(24-16-40)50-30-34(3)4)37-9-11-38(12-10-37)48(41-17-25-45(26-18-41)51-31-35(5)6)42-19-27-46(28-20-42)52-32-36(7)8/h9-28,47-48H,1,3,5,7,29-32H2,2,4,6,8H3. The van der Waals surface area contributed by atoms with Crippen LogP contribution in [0.25, 0.3) is 0 Å². The van der Waals surface area contributed by atoms with Crippen molar-refractivity contribution in [3.8, 4) is 23.0 Å². The Morgan fingerprint density at radius 3 is 0.635 bits per heavy atom. The molecular weight excluding hydrogens is 641 g/mol. The molecule has 5 aromatic rings. The Morgan fingerprint density at radius 2 is 0.481 bits per heavy atom. The highest BCUT2D eigenvalue weighted by molar-refractivity contribution is 5.50. The molecule has 0 unspecified atom stereocenters. The zero-order valence-electron chi connectivity index (χ0n) is 31.0. The summed E-state index contributed by atoms with van der Waals surface area (Å²) in [6, 6.07) is 42.5. The van der Waals surface area contributed by atoms with Gasteiger partial charge >= 0.3 is 0 Å². The van der Waals surface area contributed by atoms with Gasteiger partial charge in [0.2, 0.25) is 0 Å². The van der Waals surface area contributed by atoms with Crippen LogP contribution in [0.3, 0.4) is 0 Å². The van der Waals surface area contributed by atoms with E-state index in [1.54, 1.807) is 0 Å². The molecule has 4 nitrogen and oxygen atoms in total. The van der Waals surface area contributed by atoms with Gasteiger partial charge in [0, 0.05) is 11.8 Å². The highest BCUT2D eigenvalue weighted by Gasteiger charge is 2.21. The lowest BCUT2D eigenvalue weighted by atomic mass is 9.81. The van der Waals surface area contributed by atoms with Gasteiger partial charge in [-0.1, -0.05) is 99.1 Å². The van der Waals surface area contributed by atoms with Crippen molar-refractivity contribution in [1.82, 2.24) is 0 Å². The number of rotatable bonds is 18. The van der Waals surface area contributed by atoms with Crippen molar-refractivity contribution in [3.05, 3.63) is 203 Å². The predicted octanol–water partition coefficient (Wildman–Crippen LogP) is 11.9. The Bertz CT molecular complexity index is 1680. The van der Waals surface area contributed by atoms with Crippen molar-refractivity contribution in [3.63, 3.8) is 0 Å². The second-order valence-corrected chi connectivity index (χ2v) is 13.8. The smallest absolute Gasteiger partial charge is 0.119 e. The van der Waals surface area contributed by atoms with Crippen LogP contribution in [0, 0.1) is 0 Å². The Kier molecular flexibility index (Phi) is 13.0. The minimum Gasteiger partial charge on any atom is -0.489 e. The fourth-order valence-electron chi connectivity index (χ4n) is 5.89. The lowest BCUT2D eigenvalue weighted by Crippen LogP contribution is -2.07. The van der Waals surface area contributed by atoms with Crippen LogP contribution in [-0.4, -0.2) is 26.4 Å². The van der Waals surface area contributed by atoms with Crippen molar-refractivity contribution >= 4 is 0 Å². The maximum Gasteiger partial charge on any atom is 0.119 e. The van der Waals surface area contributed by atoms with Gasteiger partial charge in [-0.25, -0.2) is 0 Å². The molecule has 0 saturated heterocycles. The van der Waals surface area contributed by atoms with E-state index in [1.165, 1.54) is 33.4 Å². The summed E-state index contributed by atoms with van der Waals surface area (Å²) in [5.74, 6) is 3.26. The molecule has 0 aliphatic heterocycles. The Morgan fingerprint density at radius 1 is 0.327 bits per heavy atom. The first-order valence-corrected chi connectivity index (χ1v) is 17.6. The second kappa shape index (κ2) is 18.0. The lowest BCUT2D eigenvalue weighted by Gasteiger charge is -2.23. The Balaban J connectivity index is 1.50. The number of hydrogen-bond acceptors (Lipinski definition) is 4. The van der Waals surface area contributed by atoms with Gasteiger partial charge in [0.25, 0.3) is 0 Å². The molecule has 52 heavy (non-hydrogen) atoms. The first-order valence-electron chi connectivity index (χ1n) is 17.6. The molecule has 5 rings (SSSR count). The third-order valence-corrected chi connectivity index (χ3v) is 8.40. The molecule has 0 heterocycles. The van der Waals surface area contributed by atoms with Crippen LogP contribution >= 0.6 is 0 Å².